The highest BCUT2D eigenvalue weighted by molar-refractivity contribution is 5.98. The molecule has 3 N–H and O–H groups in total. The van der Waals surface area contributed by atoms with Gasteiger partial charge in [0.15, 0.2) is 0 Å². The van der Waals surface area contributed by atoms with E-state index in [1.807, 2.05) is 0 Å². The monoisotopic (exact) mass is 252 g/mol. The molecule has 18 heavy (non-hydrogen) atoms. The van der Waals surface area contributed by atoms with Gasteiger partial charge in [-0.25, -0.2) is 4.79 Å². The zero-order valence-corrected chi connectivity index (χ0v) is 10.5. The molecule has 0 aliphatic rings. The Kier molecular flexibility index (Phi) is 3.90. The Bertz CT molecular complexity index is 465. The van der Waals surface area contributed by atoms with Gasteiger partial charge in [-0.05, 0) is 11.5 Å². The molecule has 6 nitrogen and oxygen atoms in total. The molecule has 0 aliphatic heterocycles. The zero-order valence-electron chi connectivity index (χ0n) is 10.5. The number of carbonyl (C=O) groups excluding carboxylic acids is 1. The lowest BCUT2D eigenvalue weighted by Crippen LogP contribution is -2.49. The van der Waals surface area contributed by atoms with Gasteiger partial charge in [0.25, 0.3) is 5.91 Å². The molecule has 0 saturated heterocycles. The molecule has 1 atom stereocenters. The van der Waals surface area contributed by atoms with Crippen molar-refractivity contribution in [2.45, 2.75) is 26.8 Å². The van der Waals surface area contributed by atoms with Crippen molar-refractivity contribution in [1.29, 1.82) is 0 Å². The van der Waals surface area contributed by atoms with Crippen LogP contribution in [0.1, 0.15) is 31.1 Å². The van der Waals surface area contributed by atoms with Crippen molar-refractivity contribution in [3.05, 3.63) is 24.0 Å². The fourth-order valence-electron chi connectivity index (χ4n) is 1.44. The van der Waals surface area contributed by atoms with Crippen molar-refractivity contribution in [2.75, 3.05) is 0 Å². The van der Waals surface area contributed by atoms with E-state index in [2.05, 4.69) is 10.3 Å². The van der Waals surface area contributed by atoms with Gasteiger partial charge < -0.3 is 15.5 Å². The Morgan fingerprint density at radius 2 is 2.00 bits per heavy atom. The summed E-state index contributed by atoms with van der Waals surface area (Å²) in [7, 11) is 0. The second-order valence-corrected chi connectivity index (χ2v) is 5.00. The quantitative estimate of drug-likeness (QED) is 0.745. The fourth-order valence-corrected chi connectivity index (χ4v) is 1.44. The van der Waals surface area contributed by atoms with Crippen LogP contribution in [0.15, 0.2) is 18.5 Å². The van der Waals surface area contributed by atoms with Crippen LogP contribution in [0.5, 0.6) is 5.75 Å². The summed E-state index contributed by atoms with van der Waals surface area (Å²) in [5, 5.41) is 20.9. The van der Waals surface area contributed by atoms with E-state index in [-0.39, 0.29) is 11.3 Å². The minimum atomic E-state index is -1.12. The summed E-state index contributed by atoms with van der Waals surface area (Å²) >= 11 is 0. The van der Waals surface area contributed by atoms with Crippen LogP contribution in [0.25, 0.3) is 0 Å². The van der Waals surface area contributed by atoms with Gasteiger partial charge in [0.1, 0.15) is 11.8 Å². The molecule has 0 fully saturated rings. The number of carboxylic acids is 1. The van der Waals surface area contributed by atoms with Gasteiger partial charge in [-0.1, -0.05) is 20.8 Å². The predicted octanol–water partition coefficient (Wildman–Crippen LogP) is 1.02. The van der Waals surface area contributed by atoms with Crippen LogP contribution in [0, 0.1) is 5.41 Å². The molecule has 6 heteroatoms. The Morgan fingerprint density at radius 3 is 2.44 bits per heavy atom. The smallest absolute Gasteiger partial charge is 0.326 e. The Morgan fingerprint density at radius 1 is 1.39 bits per heavy atom. The van der Waals surface area contributed by atoms with Crippen molar-refractivity contribution in [3.63, 3.8) is 0 Å². The third kappa shape index (κ3) is 3.19. The van der Waals surface area contributed by atoms with Gasteiger partial charge in [0.05, 0.1) is 11.8 Å². The van der Waals surface area contributed by atoms with Gasteiger partial charge in [-0.15, -0.1) is 0 Å². The van der Waals surface area contributed by atoms with Crippen LogP contribution in [-0.2, 0) is 4.79 Å². The Hall–Kier alpha value is -2.11. The molecule has 1 aromatic rings. The number of hydrogen-bond donors (Lipinski definition) is 3. The highest BCUT2D eigenvalue weighted by atomic mass is 16.4. The fraction of sp³-hybridized carbons (Fsp3) is 0.417. The second-order valence-electron chi connectivity index (χ2n) is 5.00. The van der Waals surface area contributed by atoms with E-state index in [9.17, 15) is 14.7 Å². The molecule has 1 heterocycles. The molecule has 1 rings (SSSR count). The molecule has 0 unspecified atom stereocenters. The van der Waals surface area contributed by atoms with E-state index < -0.39 is 23.3 Å². The standard InChI is InChI=1S/C12H16N2O4/c1-12(2,3)9(11(17)18)14-10(16)7-4-5-13-6-8(7)15/h4-6,9,15H,1-3H3,(H,14,16)(H,17,18)/t9-/m1/s1. The molecule has 1 amide bonds. The highest BCUT2D eigenvalue weighted by Gasteiger charge is 2.33. The topological polar surface area (TPSA) is 99.5 Å². The molecule has 0 spiro atoms. The summed E-state index contributed by atoms with van der Waals surface area (Å²) in [5.41, 5.74) is -0.634. The number of hydrogen-bond acceptors (Lipinski definition) is 4. The third-order valence-corrected chi connectivity index (χ3v) is 2.43. The lowest BCUT2D eigenvalue weighted by molar-refractivity contribution is -0.142. The van der Waals surface area contributed by atoms with Gasteiger partial charge in [0, 0.05) is 6.20 Å². The summed E-state index contributed by atoms with van der Waals surface area (Å²) in [6.07, 6.45) is 2.48. The SMILES string of the molecule is CC(C)(C)[C@H](NC(=O)c1ccncc1O)C(=O)O. The molecule has 0 radical (unpaired) electrons. The first-order chi connectivity index (χ1) is 8.23. The van der Waals surface area contributed by atoms with E-state index in [0.29, 0.717) is 0 Å². The summed E-state index contributed by atoms with van der Waals surface area (Å²) in [6, 6.07) is 0.282. The van der Waals surface area contributed by atoms with E-state index in [4.69, 9.17) is 5.11 Å². The Labute approximate surface area is 105 Å². The molecule has 1 aromatic heterocycles. The minimum absolute atomic E-state index is 0.000463. The van der Waals surface area contributed by atoms with Crippen molar-refractivity contribution in [3.8, 4) is 5.75 Å². The van der Waals surface area contributed by atoms with E-state index in [1.54, 1.807) is 20.8 Å². The number of amides is 1. The number of carboxylic acid groups (broad SMARTS) is 1. The Balaban J connectivity index is 2.93. The van der Waals surface area contributed by atoms with Gasteiger partial charge >= 0.3 is 5.97 Å². The second kappa shape index (κ2) is 5.03. The average molecular weight is 252 g/mol. The lowest BCUT2D eigenvalue weighted by atomic mass is 9.86. The maximum absolute atomic E-state index is 11.9. The maximum atomic E-state index is 11.9. The van der Waals surface area contributed by atoms with Crippen molar-refractivity contribution in [1.82, 2.24) is 10.3 Å². The summed E-state index contributed by atoms with van der Waals surface area (Å²) in [6.45, 7) is 5.12. The predicted molar refractivity (Wildman–Crippen MR) is 64.2 cm³/mol. The van der Waals surface area contributed by atoms with Crippen molar-refractivity contribution >= 4 is 11.9 Å². The zero-order chi connectivity index (χ0) is 13.9. The molecule has 0 bridgehead atoms. The number of rotatable bonds is 3. The number of nitrogens with one attached hydrogen (secondary N) is 1. The van der Waals surface area contributed by atoms with Crippen LogP contribution in [0.3, 0.4) is 0 Å². The molecular weight excluding hydrogens is 236 g/mol. The van der Waals surface area contributed by atoms with Crippen molar-refractivity contribution < 1.29 is 19.8 Å². The van der Waals surface area contributed by atoms with Crippen LogP contribution >= 0.6 is 0 Å². The highest BCUT2D eigenvalue weighted by Crippen LogP contribution is 2.21. The number of nitrogens with zero attached hydrogens (tertiary/aromatic N) is 1. The largest absolute Gasteiger partial charge is 0.505 e. The maximum Gasteiger partial charge on any atom is 0.326 e. The lowest BCUT2D eigenvalue weighted by Gasteiger charge is -2.27. The molecule has 0 saturated carbocycles. The normalized spacial score (nSPS) is 12.8. The number of pyridine rings is 1. The summed E-state index contributed by atoms with van der Waals surface area (Å²) in [5.74, 6) is -2.05. The van der Waals surface area contributed by atoms with E-state index in [1.165, 1.54) is 12.3 Å². The summed E-state index contributed by atoms with van der Waals surface area (Å²) < 4.78 is 0. The van der Waals surface area contributed by atoms with Gasteiger partial charge in [-0.2, -0.15) is 0 Å². The van der Waals surface area contributed by atoms with Crippen LogP contribution in [0.2, 0.25) is 0 Å². The molecule has 98 valence electrons. The first-order valence-corrected chi connectivity index (χ1v) is 5.40. The average Bonchev–Trinajstić information content (AvgIpc) is 2.24. The molecule has 0 aliphatic carbocycles. The van der Waals surface area contributed by atoms with Crippen LogP contribution in [-0.4, -0.2) is 33.1 Å². The minimum Gasteiger partial charge on any atom is -0.505 e. The number of aromatic hydroxyl groups is 1. The molecule has 0 aromatic carbocycles. The first-order valence-electron chi connectivity index (χ1n) is 5.40. The first kappa shape index (κ1) is 14.0. The van der Waals surface area contributed by atoms with Crippen molar-refractivity contribution in [2.24, 2.45) is 5.41 Å². The van der Waals surface area contributed by atoms with Crippen LogP contribution in [0.4, 0.5) is 0 Å². The van der Waals surface area contributed by atoms with Gasteiger partial charge in [-0.3, -0.25) is 9.78 Å². The van der Waals surface area contributed by atoms with E-state index in [0.717, 1.165) is 6.20 Å². The van der Waals surface area contributed by atoms with E-state index >= 15 is 0 Å². The molecular formula is C12H16N2O4. The summed E-state index contributed by atoms with van der Waals surface area (Å²) in [4.78, 5) is 26.6. The number of carbonyl (C=O) groups is 2. The van der Waals surface area contributed by atoms with Gasteiger partial charge in [0.2, 0.25) is 0 Å². The third-order valence-electron chi connectivity index (χ3n) is 2.43. The number of aromatic nitrogens is 1. The number of aliphatic carboxylic acids is 1. The van der Waals surface area contributed by atoms with Crippen LogP contribution < -0.4 is 5.32 Å².